The van der Waals surface area contributed by atoms with E-state index < -0.39 is 0 Å². The molecule has 1 aromatic heterocycles. The molecule has 3 heteroatoms. The van der Waals surface area contributed by atoms with Gasteiger partial charge in [-0.1, -0.05) is 13.3 Å². The molecule has 3 nitrogen and oxygen atoms in total. The van der Waals surface area contributed by atoms with E-state index in [1.165, 1.54) is 18.4 Å². The first-order valence-electron chi connectivity index (χ1n) is 4.95. The molecule has 2 rings (SSSR count). The molecule has 1 aromatic carbocycles. The van der Waals surface area contributed by atoms with Crippen LogP contribution in [0, 0.1) is 0 Å². The molecule has 0 saturated carbocycles. The van der Waals surface area contributed by atoms with Crippen molar-refractivity contribution in [1.29, 1.82) is 0 Å². The van der Waals surface area contributed by atoms with Crippen LogP contribution >= 0.6 is 0 Å². The molecule has 0 fully saturated rings. The van der Waals surface area contributed by atoms with E-state index in [2.05, 4.69) is 0 Å². The van der Waals surface area contributed by atoms with Crippen LogP contribution in [0.15, 0.2) is 33.7 Å². The molecule has 0 bridgehead atoms. The Labute approximate surface area is 87.0 Å². The van der Waals surface area contributed by atoms with Crippen molar-refractivity contribution in [2.45, 2.75) is 19.8 Å². The zero-order valence-electron chi connectivity index (χ0n) is 8.49. The molecule has 0 aliphatic rings. The summed E-state index contributed by atoms with van der Waals surface area (Å²) >= 11 is 0. The predicted molar refractivity (Wildman–Crippen MR) is 58.1 cm³/mol. The van der Waals surface area contributed by atoms with Crippen molar-refractivity contribution >= 4 is 11.0 Å². The minimum absolute atomic E-state index is 0.00176. The van der Waals surface area contributed by atoms with Gasteiger partial charge < -0.3 is 9.52 Å². The summed E-state index contributed by atoms with van der Waals surface area (Å²) in [7, 11) is 0. The Hall–Kier alpha value is -1.77. The largest absolute Gasteiger partial charge is 0.508 e. The molecule has 0 spiro atoms. The van der Waals surface area contributed by atoms with Crippen LogP contribution in [0.1, 0.15) is 18.9 Å². The fourth-order valence-electron chi connectivity index (χ4n) is 1.60. The van der Waals surface area contributed by atoms with Gasteiger partial charge in [0.05, 0.1) is 11.6 Å². The molecule has 2 aromatic rings. The van der Waals surface area contributed by atoms with E-state index in [-0.39, 0.29) is 11.2 Å². The van der Waals surface area contributed by atoms with Gasteiger partial charge in [0, 0.05) is 11.6 Å². The molecular formula is C12H12O3. The average Bonchev–Trinajstić information content (AvgIpc) is 2.22. The van der Waals surface area contributed by atoms with Crippen molar-refractivity contribution in [3.63, 3.8) is 0 Å². The summed E-state index contributed by atoms with van der Waals surface area (Å²) in [6.45, 7) is 2.01. The lowest BCUT2D eigenvalue weighted by atomic mass is 10.1. The second kappa shape index (κ2) is 3.77. The maximum atomic E-state index is 11.9. The van der Waals surface area contributed by atoms with Crippen molar-refractivity contribution in [2.24, 2.45) is 0 Å². The third-order valence-corrected chi connectivity index (χ3v) is 2.35. The maximum absolute atomic E-state index is 11.9. The fourth-order valence-corrected chi connectivity index (χ4v) is 1.60. The van der Waals surface area contributed by atoms with Gasteiger partial charge in [-0.2, -0.15) is 0 Å². The molecule has 0 aliphatic heterocycles. The standard InChI is InChI=1S/C12H12O3/c1-2-3-8-7-15-11-6-9(13)4-5-10(11)12(8)14/h4-7,13H,2-3H2,1H3. The first kappa shape index (κ1) is 9.77. The van der Waals surface area contributed by atoms with Gasteiger partial charge in [0.2, 0.25) is 0 Å². The number of benzene rings is 1. The Balaban J connectivity index is 2.69. The monoisotopic (exact) mass is 204 g/mol. The second-order valence-corrected chi connectivity index (χ2v) is 3.52. The zero-order chi connectivity index (χ0) is 10.8. The second-order valence-electron chi connectivity index (χ2n) is 3.52. The van der Waals surface area contributed by atoms with Crippen molar-refractivity contribution in [3.05, 3.63) is 40.2 Å². The third-order valence-electron chi connectivity index (χ3n) is 2.35. The molecule has 0 radical (unpaired) electrons. The van der Waals surface area contributed by atoms with Crippen LogP contribution in [-0.2, 0) is 6.42 Å². The number of hydrogen-bond acceptors (Lipinski definition) is 3. The van der Waals surface area contributed by atoms with Gasteiger partial charge in [-0.25, -0.2) is 0 Å². The van der Waals surface area contributed by atoms with Gasteiger partial charge in [-0.15, -0.1) is 0 Å². The summed E-state index contributed by atoms with van der Waals surface area (Å²) in [6.07, 6.45) is 3.11. The first-order valence-corrected chi connectivity index (χ1v) is 4.95. The van der Waals surface area contributed by atoms with Gasteiger partial charge in [-0.3, -0.25) is 4.79 Å². The average molecular weight is 204 g/mol. The predicted octanol–water partition coefficient (Wildman–Crippen LogP) is 2.45. The normalized spacial score (nSPS) is 10.7. The number of fused-ring (bicyclic) bond motifs is 1. The Morgan fingerprint density at radius 3 is 2.93 bits per heavy atom. The lowest BCUT2D eigenvalue weighted by Gasteiger charge is -2.00. The van der Waals surface area contributed by atoms with Gasteiger partial charge in [-0.05, 0) is 18.6 Å². The first-order chi connectivity index (χ1) is 7.22. The highest BCUT2D eigenvalue weighted by atomic mass is 16.3. The molecule has 0 saturated heterocycles. The highest BCUT2D eigenvalue weighted by Crippen LogP contribution is 2.17. The summed E-state index contributed by atoms with van der Waals surface area (Å²) in [5.74, 6) is 0.105. The van der Waals surface area contributed by atoms with E-state index in [4.69, 9.17) is 4.42 Å². The van der Waals surface area contributed by atoms with Gasteiger partial charge in [0.15, 0.2) is 5.43 Å². The van der Waals surface area contributed by atoms with Crippen LogP contribution in [0.4, 0.5) is 0 Å². The number of rotatable bonds is 2. The number of phenolic OH excluding ortho intramolecular Hbond substituents is 1. The van der Waals surface area contributed by atoms with E-state index >= 15 is 0 Å². The number of hydrogen-bond donors (Lipinski definition) is 1. The Morgan fingerprint density at radius 1 is 1.40 bits per heavy atom. The van der Waals surface area contributed by atoms with E-state index in [9.17, 15) is 9.90 Å². The number of phenols is 1. The van der Waals surface area contributed by atoms with Crippen LogP contribution in [-0.4, -0.2) is 5.11 Å². The van der Waals surface area contributed by atoms with Crippen LogP contribution in [0.25, 0.3) is 11.0 Å². The smallest absolute Gasteiger partial charge is 0.195 e. The summed E-state index contributed by atoms with van der Waals surface area (Å²) in [5.41, 5.74) is 1.12. The number of aryl methyl sites for hydroxylation is 1. The van der Waals surface area contributed by atoms with Gasteiger partial charge >= 0.3 is 0 Å². The number of aromatic hydroxyl groups is 1. The Morgan fingerprint density at radius 2 is 2.20 bits per heavy atom. The molecule has 1 N–H and O–H groups in total. The lowest BCUT2D eigenvalue weighted by Crippen LogP contribution is -2.07. The minimum atomic E-state index is -0.00176. The molecule has 1 heterocycles. The Bertz CT molecular complexity index is 540. The molecule has 0 aliphatic carbocycles. The maximum Gasteiger partial charge on any atom is 0.195 e. The molecule has 78 valence electrons. The van der Waals surface area contributed by atoms with E-state index in [1.807, 2.05) is 6.92 Å². The molecule has 0 unspecified atom stereocenters. The molecule has 15 heavy (non-hydrogen) atoms. The van der Waals surface area contributed by atoms with Crippen LogP contribution in [0.3, 0.4) is 0 Å². The van der Waals surface area contributed by atoms with Gasteiger partial charge in [0.1, 0.15) is 11.3 Å². The zero-order valence-corrected chi connectivity index (χ0v) is 8.49. The van der Waals surface area contributed by atoms with E-state index in [1.54, 1.807) is 6.07 Å². The van der Waals surface area contributed by atoms with Gasteiger partial charge in [0.25, 0.3) is 0 Å². The van der Waals surface area contributed by atoms with Crippen LogP contribution < -0.4 is 5.43 Å². The van der Waals surface area contributed by atoms with Crippen LogP contribution in [0.2, 0.25) is 0 Å². The van der Waals surface area contributed by atoms with Crippen LogP contribution in [0.5, 0.6) is 5.75 Å². The van der Waals surface area contributed by atoms with Crippen molar-refractivity contribution in [2.75, 3.05) is 0 Å². The van der Waals surface area contributed by atoms with E-state index in [0.29, 0.717) is 16.5 Å². The SMILES string of the molecule is CCCc1coc2cc(O)ccc2c1=O. The van der Waals surface area contributed by atoms with Crippen molar-refractivity contribution in [3.8, 4) is 5.75 Å². The summed E-state index contributed by atoms with van der Waals surface area (Å²) in [4.78, 5) is 11.9. The summed E-state index contributed by atoms with van der Waals surface area (Å²) < 4.78 is 5.30. The van der Waals surface area contributed by atoms with Crippen molar-refractivity contribution < 1.29 is 9.52 Å². The summed E-state index contributed by atoms with van der Waals surface area (Å²) in [6, 6.07) is 4.54. The lowest BCUT2D eigenvalue weighted by molar-refractivity contribution is 0.474. The molecule has 0 amide bonds. The van der Waals surface area contributed by atoms with Crippen molar-refractivity contribution in [1.82, 2.24) is 0 Å². The highest BCUT2D eigenvalue weighted by molar-refractivity contribution is 5.78. The topological polar surface area (TPSA) is 50.4 Å². The molecule has 0 atom stereocenters. The fraction of sp³-hybridized carbons (Fsp3) is 0.250. The highest BCUT2D eigenvalue weighted by Gasteiger charge is 2.06. The quantitative estimate of drug-likeness (QED) is 0.817. The minimum Gasteiger partial charge on any atom is -0.508 e. The molecular weight excluding hydrogens is 192 g/mol. The summed E-state index contributed by atoms with van der Waals surface area (Å²) in [5, 5.41) is 9.76. The third kappa shape index (κ3) is 1.73. The van der Waals surface area contributed by atoms with E-state index in [0.717, 1.165) is 12.8 Å². The Kier molecular flexibility index (Phi) is 2.46.